The van der Waals surface area contributed by atoms with E-state index in [-0.39, 0.29) is 35.0 Å². The van der Waals surface area contributed by atoms with Gasteiger partial charge >= 0.3 is 5.97 Å². The Morgan fingerprint density at radius 3 is 2.86 bits per heavy atom. The van der Waals surface area contributed by atoms with Crippen molar-refractivity contribution >= 4 is 39.9 Å². The van der Waals surface area contributed by atoms with Gasteiger partial charge < -0.3 is 24.7 Å². The molecule has 0 aromatic carbocycles. The summed E-state index contributed by atoms with van der Waals surface area (Å²) in [5.74, 6) is -0.502. The predicted octanol–water partition coefficient (Wildman–Crippen LogP) is 2.42. The number of aromatic amines is 1. The van der Waals surface area contributed by atoms with Crippen LogP contribution in [-0.4, -0.2) is 65.3 Å². The molecular weight excluding hydrogens is 418 g/mol. The predicted molar refractivity (Wildman–Crippen MR) is 110 cm³/mol. The van der Waals surface area contributed by atoms with Crippen molar-refractivity contribution in [2.75, 3.05) is 31.2 Å². The molecule has 1 aliphatic heterocycles. The Balaban J connectivity index is 1.66. The maximum atomic E-state index is 12.5. The maximum Gasteiger partial charge on any atom is 0.350 e. The average molecular weight is 442 g/mol. The molecule has 0 aliphatic carbocycles. The lowest BCUT2D eigenvalue weighted by atomic mass is 10.0. The molecule has 1 fully saturated rings. The summed E-state index contributed by atoms with van der Waals surface area (Å²) in [4.78, 5) is 38.2. The number of aromatic nitrogens is 3. The first-order valence-corrected chi connectivity index (χ1v) is 10.6. The summed E-state index contributed by atoms with van der Waals surface area (Å²) in [5, 5.41) is 4.01. The van der Waals surface area contributed by atoms with Crippen molar-refractivity contribution in [3.05, 3.63) is 27.7 Å². The molecule has 2 aromatic rings. The van der Waals surface area contributed by atoms with Crippen LogP contribution in [0.4, 0.5) is 5.13 Å². The van der Waals surface area contributed by atoms with E-state index in [4.69, 9.17) is 21.1 Å². The van der Waals surface area contributed by atoms with Crippen LogP contribution in [0.5, 0.6) is 0 Å². The second kappa shape index (κ2) is 9.55. The highest BCUT2D eigenvalue weighted by molar-refractivity contribution is 7.17. The fraction of sp³-hybridized carbons (Fsp3) is 0.556. The fourth-order valence-corrected chi connectivity index (χ4v) is 4.11. The zero-order chi connectivity index (χ0) is 21.0. The van der Waals surface area contributed by atoms with E-state index in [1.165, 1.54) is 17.5 Å². The van der Waals surface area contributed by atoms with Crippen molar-refractivity contribution in [1.29, 1.82) is 0 Å². The Hall–Kier alpha value is -2.17. The molecule has 0 bridgehead atoms. The van der Waals surface area contributed by atoms with Gasteiger partial charge in [0, 0.05) is 19.7 Å². The Morgan fingerprint density at radius 2 is 2.21 bits per heavy atom. The number of anilines is 1. The number of halogens is 1. The number of nitrogens with zero attached hydrogens (tertiary/aromatic N) is 3. The molecule has 0 spiro atoms. The van der Waals surface area contributed by atoms with E-state index in [9.17, 15) is 9.59 Å². The van der Waals surface area contributed by atoms with Gasteiger partial charge in [0.1, 0.15) is 4.88 Å². The first-order valence-electron chi connectivity index (χ1n) is 9.45. The Morgan fingerprint density at radius 1 is 1.41 bits per heavy atom. The summed E-state index contributed by atoms with van der Waals surface area (Å²) in [6.45, 7) is 7.49. The minimum Gasteiger partial charge on any atom is -0.462 e. The fourth-order valence-electron chi connectivity index (χ4n) is 3.13. The van der Waals surface area contributed by atoms with Crippen LogP contribution < -0.4 is 10.2 Å². The summed E-state index contributed by atoms with van der Waals surface area (Å²) in [7, 11) is 0. The number of rotatable bonds is 7. The number of ether oxygens (including phenoxy) is 2. The van der Waals surface area contributed by atoms with Gasteiger partial charge in [-0.2, -0.15) is 0 Å². The summed E-state index contributed by atoms with van der Waals surface area (Å²) < 4.78 is 10.9. The van der Waals surface area contributed by atoms with Crippen LogP contribution in [0.1, 0.15) is 46.3 Å². The molecule has 0 unspecified atom stereocenters. The van der Waals surface area contributed by atoms with Gasteiger partial charge in [0.05, 0.1) is 30.6 Å². The van der Waals surface area contributed by atoms with Crippen LogP contribution in [0.2, 0.25) is 5.15 Å². The zero-order valence-electron chi connectivity index (χ0n) is 16.5. The third-order valence-corrected chi connectivity index (χ3v) is 5.94. The molecule has 0 saturated carbocycles. The van der Waals surface area contributed by atoms with E-state index in [0.29, 0.717) is 43.3 Å². The number of nitrogens with one attached hydrogen (secondary N) is 2. The van der Waals surface area contributed by atoms with E-state index in [0.717, 1.165) is 5.13 Å². The van der Waals surface area contributed by atoms with Gasteiger partial charge in [-0.25, -0.2) is 14.8 Å². The number of aryl methyl sites for hydroxylation is 1. The van der Waals surface area contributed by atoms with Gasteiger partial charge in [-0.15, -0.1) is 0 Å². The van der Waals surface area contributed by atoms with E-state index in [1.54, 1.807) is 13.8 Å². The van der Waals surface area contributed by atoms with E-state index < -0.39 is 0 Å². The number of esters is 1. The summed E-state index contributed by atoms with van der Waals surface area (Å²) in [6, 6.07) is -0.174. The van der Waals surface area contributed by atoms with Crippen LogP contribution in [0.3, 0.4) is 0 Å². The van der Waals surface area contributed by atoms with Gasteiger partial charge in [0.2, 0.25) is 0 Å². The summed E-state index contributed by atoms with van der Waals surface area (Å²) in [6.07, 6.45) is 1.97. The van der Waals surface area contributed by atoms with Crippen molar-refractivity contribution < 1.29 is 19.1 Å². The highest BCUT2D eigenvalue weighted by Crippen LogP contribution is 2.27. The zero-order valence-corrected chi connectivity index (χ0v) is 18.1. The second-order valence-electron chi connectivity index (χ2n) is 6.54. The Bertz CT molecular complexity index is 851. The van der Waals surface area contributed by atoms with Crippen LogP contribution in [-0.2, 0) is 9.47 Å². The summed E-state index contributed by atoms with van der Waals surface area (Å²) >= 11 is 7.22. The van der Waals surface area contributed by atoms with Crippen molar-refractivity contribution in [3.63, 3.8) is 0 Å². The molecule has 29 heavy (non-hydrogen) atoms. The molecule has 1 aliphatic rings. The molecule has 9 nitrogen and oxygen atoms in total. The minimum absolute atomic E-state index is 0.174. The maximum absolute atomic E-state index is 12.5. The highest BCUT2D eigenvalue weighted by Gasteiger charge is 2.33. The molecule has 2 aromatic heterocycles. The van der Waals surface area contributed by atoms with Gasteiger partial charge in [0.25, 0.3) is 5.91 Å². The van der Waals surface area contributed by atoms with E-state index in [2.05, 4.69) is 25.2 Å². The van der Waals surface area contributed by atoms with Gasteiger partial charge in [-0.3, -0.25) is 4.79 Å². The number of hydrogen-bond donors (Lipinski definition) is 2. The minimum atomic E-state index is -0.368. The molecule has 158 valence electrons. The molecule has 3 heterocycles. The van der Waals surface area contributed by atoms with Crippen molar-refractivity contribution in [1.82, 2.24) is 20.3 Å². The number of piperidine rings is 1. The number of carbonyl (C=O) groups excluding carboxylic acids is 2. The van der Waals surface area contributed by atoms with E-state index >= 15 is 0 Å². The van der Waals surface area contributed by atoms with Crippen molar-refractivity contribution in [2.24, 2.45) is 0 Å². The first kappa shape index (κ1) is 21.5. The molecule has 3 rings (SSSR count). The molecule has 1 amide bonds. The standard InChI is InChI=1S/C18H24ClN5O4S/c1-4-27-12-9-24(18-20-8-13(29-18)17(26)28-5-2)7-6-11(12)22-16(25)15-21-10(3)14(19)23-15/h8,11-12H,4-7,9H2,1-3H3,(H,21,23)(H,22,25)/t11-,12+/m1/s1. The van der Waals surface area contributed by atoms with Crippen LogP contribution in [0, 0.1) is 6.92 Å². The number of hydrogen-bond acceptors (Lipinski definition) is 8. The largest absolute Gasteiger partial charge is 0.462 e. The summed E-state index contributed by atoms with van der Waals surface area (Å²) in [5.41, 5.74) is 0.647. The van der Waals surface area contributed by atoms with Crippen LogP contribution >= 0.6 is 22.9 Å². The number of amides is 1. The molecule has 11 heteroatoms. The SMILES string of the molecule is CCOC(=O)c1cnc(N2CC[C@@H](NC(=O)c3nc(Cl)c(C)[nH]3)[C@@H](OCC)C2)s1. The molecule has 1 saturated heterocycles. The molecule has 2 atom stereocenters. The van der Waals surface area contributed by atoms with Crippen LogP contribution in [0.25, 0.3) is 0 Å². The topological polar surface area (TPSA) is 109 Å². The normalized spacial score (nSPS) is 19.2. The highest BCUT2D eigenvalue weighted by atomic mass is 35.5. The lowest BCUT2D eigenvalue weighted by Gasteiger charge is -2.38. The second-order valence-corrected chi connectivity index (χ2v) is 7.90. The molecular formula is C18H24ClN5O4S. The van der Waals surface area contributed by atoms with Gasteiger partial charge in [0.15, 0.2) is 16.1 Å². The number of carbonyl (C=O) groups is 2. The third-order valence-electron chi connectivity index (χ3n) is 4.54. The monoisotopic (exact) mass is 441 g/mol. The van der Waals surface area contributed by atoms with Crippen LogP contribution in [0.15, 0.2) is 6.20 Å². The molecule has 2 N–H and O–H groups in total. The smallest absolute Gasteiger partial charge is 0.350 e. The van der Waals surface area contributed by atoms with Gasteiger partial charge in [-0.05, 0) is 27.2 Å². The quantitative estimate of drug-likeness (QED) is 0.635. The number of H-pyrrole nitrogens is 1. The Kier molecular flexibility index (Phi) is 7.09. The first-order chi connectivity index (χ1) is 13.9. The van der Waals surface area contributed by atoms with Crippen molar-refractivity contribution in [3.8, 4) is 0 Å². The lowest BCUT2D eigenvalue weighted by molar-refractivity contribution is 0.0271. The van der Waals surface area contributed by atoms with Crippen molar-refractivity contribution in [2.45, 2.75) is 39.3 Å². The number of imidazole rings is 1. The third kappa shape index (κ3) is 5.06. The average Bonchev–Trinajstić information content (AvgIpc) is 3.31. The Labute approximate surface area is 177 Å². The molecule has 0 radical (unpaired) electrons. The lowest BCUT2D eigenvalue weighted by Crippen LogP contribution is -2.55. The number of thiazole rings is 1. The van der Waals surface area contributed by atoms with Gasteiger partial charge in [-0.1, -0.05) is 22.9 Å². The van der Waals surface area contributed by atoms with E-state index in [1.807, 2.05) is 6.92 Å².